The fourth-order valence-electron chi connectivity index (χ4n) is 2.00. The van der Waals surface area contributed by atoms with E-state index in [-0.39, 0.29) is 71.0 Å². The number of amides is 2. The molecular formula is C15H18I3N2O5. The normalized spacial score (nSPS) is 14.8. The molecule has 0 unspecified atom stereocenters. The van der Waals surface area contributed by atoms with Crippen molar-refractivity contribution < 1.29 is 24.3 Å². The van der Waals surface area contributed by atoms with Crippen LogP contribution in [0.4, 0.5) is 5.69 Å². The van der Waals surface area contributed by atoms with Crippen LogP contribution in [0.3, 0.4) is 0 Å². The number of carboxylic acid groups (broad SMARTS) is 1. The fraction of sp³-hybridized carbons (Fsp3) is 0.400. The Hall–Kier alpha value is -0.220. The lowest BCUT2D eigenvalue weighted by atomic mass is 10.1. The first-order chi connectivity index (χ1) is 11.9. The van der Waals surface area contributed by atoms with E-state index < -0.39 is 5.97 Å². The van der Waals surface area contributed by atoms with Crippen molar-refractivity contribution >= 4 is 87.1 Å². The van der Waals surface area contributed by atoms with Crippen LogP contribution in [0.1, 0.15) is 27.6 Å². The number of nitrogens with zero attached hydrogens (tertiary/aromatic N) is 1. The molecule has 0 atom stereocenters. The molecular weight excluding hydrogens is 669 g/mol. The molecule has 1 heterocycles. The largest absolute Gasteiger partial charge is 0.478 e. The highest BCUT2D eigenvalue weighted by atomic mass is 127. The highest BCUT2D eigenvalue weighted by molar-refractivity contribution is 14.4. The van der Waals surface area contributed by atoms with Gasteiger partial charge in [-0.15, -0.1) is 63.6 Å². The maximum Gasteiger partial charge on any atom is 0.337 e. The predicted molar refractivity (Wildman–Crippen MR) is 121 cm³/mol. The van der Waals surface area contributed by atoms with Crippen LogP contribution in [-0.4, -0.2) is 43.3 Å². The molecule has 25 heavy (non-hydrogen) atoms. The number of alkyl halides is 6. The standard InChI is InChI=1S/C15H18I3N2O5/c1-9(21)20(25-6-13-17-7-16-8-18-13)12-4-3-10(14(22)19-2)5-11(12)15(23)24/h3-5,13H,6-8H2,1-2H3,(H,19,22)(H,23,24). The lowest BCUT2D eigenvalue weighted by Crippen LogP contribution is -2.32. The molecule has 1 aliphatic heterocycles. The molecule has 2 rings (SSSR count). The van der Waals surface area contributed by atoms with Crippen LogP contribution in [0.2, 0.25) is 0 Å². The van der Waals surface area contributed by atoms with Gasteiger partial charge in [-0.1, -0.05) is 0 Å². The summed E-state index contributed by atoms with van der Waals surface area (Å²) in [5.74, 6) is -1.97. The van der Waals surface area contributed by atoms with E-state index in [4.69, 9.17) is 4.84 Å². The van der Waals surface area contributed by atoms with Crippen molar-refractivity contribution in [1.82, 2.24) is 5.32 Å². The molecule has 0 aromatic heterocycles. The number of carboxylic acids is 1. The minimum absolute atomic E-state index is 0.129. The van der Waals surface area contributed by atoms with Gasteiger partial charge in [-0.2, -0.15) is 5.06 Å². The van der Waals surface area contributed by atoms with Crippen molar-refractivity contribution in [2.75, 3.05) is 23.6 Å². The first-order valence-electron chi connectivity index (χ1n) is 7.16. The lowest BCUT2D eigenvalue weighted by molar-refractivity contribution is -0.123. The zero-order chi connectivity index (χ0) is 18.4. The molecule has 1 aliphatic rings. The quantitative estimate of drug-likeness (QED) is 0.273. The Kier molecular flexibility index (Phi) is 8.60. The Balaban J connectivity index is 2.25. The minimum atomic E-state index is -1.21. The van der Waals surface area contributed by atoms with Crippen molar-refractivity contribution in [2.24, 2.45) is 0 Å². The topological polar surface area (TPSA) is 95.9 Å². The summed E-state index contributed by atoms with van der Waals surface area (Å²) in [5, 5.41) is 13.0. The van der Waals surface area contributed by atoms with Crippen LogP contribution in [0.25, 0.3) is 0 Å². The number of halogens is 3. The molecule has 0 saturated carbocycles. The monoisotopic (exact) mass is 687 g/mol. The fourth-order valence-corrected chi connectivity index (χ4v) is 33.3. The van der Waals surface area contributed by atoms with Gasteiger partial charge in [0, 0.05) is 24.4 Å². The van der Waals surface area contributed by atoms with Crippen molar-refractivity contribution in [1.29, 1.82) is 0 Å². The van der Waals surface area contributed by atoms with Gasteiger partial charge in [0.2, 0.25) is 5.91 Å². The van der Waals surface area contributed by atoms with E-state index in [0.29, 0.717) is 29.7 Å². The average molecular weight is 687 g/mol. The molecule has 0 bridgehead atoms. The van der Waals surface area contributed by atoms with Gasteiger partial charge in [0.25, 0.3) is 5.91 Å². The smallest absolute Gasteiger partial charge is 0.337 e. The zero-order valence-corrected chi connectivity index (χ0v) is 20.1. The van der Waals surface area contributed by atoms with Crippen LogP contribution in [0.15, 0.2) is 18.2 Å². The number of anilines is 1. The van der Waals surface area contributed by atoms with E-state index in [2.05, 4.69) is 5.32 Å². The molecule has 2 N–H and O–H groups in total. The Morgan fingerprint density at radius 3 is 2.56 bits per heavy atom. The number of carbonyl (C=O) groups is 3. The third-order valence-corrected chi connectivity index (χ3v) is 21.7. The van der Waals surface area contributed by atoms with E-state index in [0.717, 1.165) is 5.06 Å². The maximum atomic E-state index is 12.0. The minimum Gasteiger partial charge on any atom is -0.478 e. The van der Waals surface area contributed by atoms with E-state index in [9.17, 15) is 19.5 Å². The third kappa shape index (κ3) is 5.89. The Bertz CT molecular complexity index is 665. The summed E-state index contributed by atoms with van der Waals surface area (Å²) in [6.45, 7) is 1.83. The van der Waals surface area contributed by atoms with Crippen LogP contribution in [0, 0.1) is 0 Å². The molecule has 2 amide bonds. The molecule has 1 aromatic rings. The zero-order valence-electron chi connectivity index (χ0n) is 13.6. The van der Waals surface area contributed by atoms with Crippen LogP contribution >= 0.6 is 63.6 Å². The third-order valence-electron chi connectivity index (χ3n) is 3.14. The van der Waals surface area contributed by atoms with Crippen molar-refractivity contribution in [3.63, 3.8) is 0 Å². The first-order valence-corrected chi connectivity index (χ1v) is 15.7. The van der Waals surface area contributed by atoms with E-state index in [1.165, 1.54) is 37.0 Å². The number of nitrogens with one attached hydrogen (secondary N) is 1. The maximum absolute atomic E-state index is 12.0. The summed E-state index contributed by atoms with van der Waals surface area (Å²) in [5.41, 5.74) is 0.252. The Morgan fingerprint density at radius 2 is 2.00 bits per heavy atom. The molecule has 1 fully saturated rings. The van der Waals surface area contributed by atoms with Gasteiger partial charge in [-0.25, -0.2) is 4.79 Å². The van der Waals surface area contributed by atoms with E-state index >= 15 is 0 Å². The van der Waals surface area contributed by atoms with Gasteiger partial charge in [-0.3, -0.25) is 14.4 Å². The number of hydroxylamine groups is 1. The summed E-state index contributed by atoms with van der Waals surface area (Å²) in [4.78, 5) is 41.1. The predicted octanol–water partition coefficient (Wildman–Crippen LogP) is 3.20. The van der Waals surface area contributed by atoms with Gasteiger partial charge >= 0.3 is 5.97 Å². The average Bonchev–Trinajstić information content (AvgIpc) is 2.61. The van der Waals surface area contributed by atoms with Crippen LogP contribution in [-0.2, 0) is 9.63 Å². The molecule has 0 aliphatic carbocycles. The molecule has 0 spiro atoms. The number of hydrogen-bond donors (Lipinski definition) is 2. The summed E-state index contributed by atoms with van der Waals surface area (Å²) in [7, 11) is 1.47. The second-order valence-corrected chi connectivity index (χ2v) is 21.9. The molecule has 3 radical (unpaired) electrons. The van der Waals surface area contributed by atoms with Crippen LogP contribution in [0.5, 0.6) is 0 Å². The summed E-state index contributed by atoms with van der Waals surface area (Å²) < 4.78 is 3.41. The van der Waals surface area contributed by atoms with Gasteiger partial charge < -0.3 is 10.4 Å². The number of benzene rings is 1. The Labute approximate surface area is 177 Å². The second kappa shape index (κ2) is 10.2. The van der Waals surface area contributed by atoms with Gasteiger partial charge in [0.1, 0.15) is 0 Å². The SMILES string of the molecule is CNC(=O)c1ccc(N(OCC2[I]C[I]C[I]2)C(C)=O)c(C(=O)O)c1. The van der Waals surface area contributed by atoms with Crippen LogP contribution < -0.4 is 10.4 Å². The first kappa shape index (κ1) is 21.1. The van der Waals surface area contributed by atoms with Crippen molar-refractivity contribution in [3.05, 3.63) is 29.3 Å². The number of rotatable bonds is 6. The molecule has 10 heteroatoms. The van der Waals surface area contributed by atoms with Gasteiger partial charge in [0.15, 0.2) is 0 Å². The summed E-state index contributed by atoms with van der Waals surface area (Å²) in [6, 6.07) is 4.21. The highest BCUT2D eigenvalue weighted by Gasteiger charge is 2.24. The second-order valence-electron chi connectivity index (χ2n) is 4.82. The van der Waals surface area contributed by atoms with E-state index in [1.54, 1.807) is 0 Å². The molecule has 1 saturated heterocycles. The number of aromatic carboxylic acids is 1. The molecule has 1 aromatic carbocycles. The van der Waals surface area contributed by atoms with E-state index in [1.807, 2.05) is 0 Å². The Morgan fingerprint density at radius 1 is 1.32 bits per heavy atom. The van der Waals surface area contributed by atoms with Gasteiger partial charge in [0.05, 0.1) is 19.8 Å². The number of carbonyl (C=O) groups excluding carboxylic acids is 2. The number of hydrogen-bond acceptors (Lipinski definition) is 4. The van der Waals surface area contributed by atoms with Gasteiger partial charge in [-0.05, 0) is 18.2 Å². The molecule has 7 nitrogen and oxygen atoms in total. The molecule has 139 valence electrons. The van der Waals surface area contributed by atoms with Crippen molar-refractivity contribution in [3.8, 4) is 0 Å². The highest BCUT2D eigenvalue weighted by Crippen LogP contribution is 2.49. The summed E-state index contributed by atoms with van der Waals surface area (Å²) >= 11 is 0.733. The summed E-state index contributed by atoms with van der Waals surface area (Å²) in [6.07, 6.45) is 0. The van der Waals surface area contributed by atoms with Crippen molar-refractivity contribution in [2.45, 2.75) is 8.86 Å². The lowest BCUT2D eigenvalue weighted by Gasteiger charge is -2.26.